The molecule has 10 nitrogen and oxygen atoms in total. The van der Waals surface area contributed by atoms with Crippen molar-refractivity contribution in [3.8, 4) is 0 Å². The number of hydrogen-bond acceptors (Lipinski definition) is 8. The monoisotopic (exact) mass is 452 g/mol. The number of hydrogen-bond donors (Lipinski definition) is 7. The Morgan fingerprint density at radius 3 is 2.00 bits per heavy atom. The van der Waals surface area contributed by atoms with E-state index in [-0.39, 0.29) is 18.1 Å². The van der Waals surface area contributed by atoms with Gasteiger partial charge in [-0.25, -0.2) is 4.79 Å². The molecule has 0 saturated carbocycles. The fourth-order valence-electron chi connectivity index (χ4n) is 2.21. The van der Waals surface area contributed by atoms with Gasteiger partial charge in [0.1, 0.15) is 18.1 Å². The average molecular weight is 453 g/mol. The smallest absolute Gasteiger partial charge is 0.327 e. The summed E-state index contributed by atoms with van der Waals surface area (Å²) in [5, 5.41) is 25.7. The normalized spacial score (nSPS) is 16.1. The Labute approximate surface area is 180 Å². The molecule has 5 unspecified atom stereocenters. The SMILES string of the molecule is CCC(C)C(N)C(=O)NC(CO)C(=O)NC(CCSC)C(=O)NC(CS)C(=O)O. The molecular formula is C17H32N4O6S2. The van der Waals surface area contributed by atoms with E-state index in [0.29, 0.717) is 12.2 Å². The lowest BCUT2D eigenvalue weighted by atomic mass is 9.99. The zero-order chi connectivity index (χ0) is 22.6. The quantitative estimate of drug-likeness (QED) is 0.157. The average Bonchev–Trinajstić information content (AvgIpc) is 2.70. The zero-order valence-corrected chi connectivity index (χ0v) is 18.6. The van der Waals surface area contributed by atoms with E-state index in [1.54, 1.807) is 6.92 Å². The van der Waals surface area contributed by atoms with Crippen molar-refractivity contribution >= 4 is 48.1 Å². The molecule has 29 heavy (non-hydrogen) atoms. The van der Waals surface area contributed by atoms with Crippen molar-refractivity contribution < 1.29 is 29.4 Å². The molecule has 0 heterocycles. The lowest BCUT2D eigenvalue weighted by Gasteiger charge is -2.25. The van der Waals surface area contributed by atoms with Gasteiger partial charge in [-0.15, -0.1) is 0 Å². The Kier molecular flexibility index (Phi) is 13.7. The Morgan fingerprint density at radius 2 is 1.55 bits per heavy atom. The molecule has 168 valence electrons. The van der Waals surface area contributed by atoms with Crippen LogP contribution in [0.4, 0.5) is 0 Å². The number of nitrogens with one attached hydrogen (secondary N) is 3. The van der Waals surface area contributed by atoms with Gasteiger partial charge in [-0.2, -0.15) is 24.4 Å². The lowest BCUT2D eigenvalue weighted by molar-refractivity contribution is -0.141. The second-order valence-corrected chi connectivity index (χ2v) is 7.93. The molecule has 0 rings (SSSR count). The molecule has 7 N–H and O–H groups in total. The maximum atomic E-state index is 12.5. The summed E-state index contributed by atoms with van der Waals surface area (Å²) in [5.74, 6) is -3.00. The van der Waals surface area contributed by atoms with E-state index in [4.69, 9.17) is 10.8 Å². The van der Waals surface area contributed by atoms with E-state index in [9.17, 15) is 24.3 Å². The number of carbonyl (C=O) groups excluding carboxylic acids is 3. The predicted octanol–water partition coefficient (Wildman–Crippen LogP) is -1.43. The number of thioether (sulfide) groups is 1. The molecule has 0 fully saturated rings. The van der Waals surface area contributed by atoms with Crippen molar-refractivity contribution in [2.45, 2.75) is 50.9 Å². The van der Waals surface area contributed by atoms with Crippen LogP contribution in [0.15, 0.2) is 0 Å². The van der Waals surface area contributed by atoms with E-state index in [0.717, 1.165) is 0 Å². The maximum Gasteiger partial charge on any atom is 0.327 e. The van der Waals surface area contributed by atoms with Crippen molar-refractivity contribution in [1.82, 2.24) is 16.0 Å². The predicted molar refractivity (Wildman–Crippen MR) is 115 cm³/mol. The Hall–Kier alpha value is -1.50. The highest BCUT2D eigenvalue weighted by molar-refractivity contribution is 7.98. The molecule has 0 aliphatic carbocycles. The van der Waals surface area contributed by atoms with Crippen LogP contribution in [0, 0.1) is 5.92 Å². The first kappa shape index (κ1) is 27.5. The molecule has 5 atom stereocenters. The Balaban J connectivity index is 5.14. The molecule has 0 spiro atoms. The van der Waals surface area contributed by atoms with Gasteiger partial charge in [-0.1, -0.05) is 20.3 Å². The number of rotatable bonds is 14. The number of carbonyl (C=O) groups is 4. The van der Waals surface area contributed by atoms with Gasteiger partial charge < -0.3 is 31.9 Å². The number of carboxylic acids is 1. The van der Waals surface area contributed by atoms with E-state index in [1.165, 1.54) is 11.8 Å². The number of nitrogens with two attached hydrogens (primary N) is 1. The summed E-state index contributed by atoms with van der Waals surface area (Å²) < 4.78 is 0. The third kappa shape index (κ3) is 9.70. The lowest BCUT2D eigenvalue weighted by Crippen LogP contribution is -2.58. The van der Waals surface area contributed by atoms with Gasteiger partial charge in [0, 0.05) is 5.75 Å². The van der Waals surface area contributed by atoms with E-state index in [1.807, 2.05) is 13.2 Å². The summed E-state index contributed by atoms with van der Waals surface area (Å²) in [5.41, 5.74) is 5.83. The van der Waals surface area contributed by atoms with E-state index >= 15 is 0 Å². The highest BCUT2D eigenvalue weighted by Crippen LogP contribution is 2.06. The molecule has 0 aromatic rings. The van der Waals surface area contributed by atoms with Crippen molar-refractivity contribution in [2.75, 3.05) is 24.4 Å². The van der Waals surface area contributed by atoms with Crippen LogP contribution >= 0.6 is 24.4 Å². The van der Waals surface area contributed by atoms with Gasteiger partial charge in [0.15, 0.2) is 0 Å². The van der Waals surface area contributed by atoms with Crippen molar-refractivity contribution in [3.63, 3.8) is 0 Å². The summed E-state index contributed by atoms with van der Waals surface area (Å²) in [6, 6.07) is -4.38. The fourth-order valence-corrected chi connectivity index (χ4v) is 2.93. The minimum Gasteiger partial charge on any atom is -0.480 e. The van der Waals surface area contributed by atoms with Crippen LogP contribution in [0.5, 0.6) is 0 Å². The van der Waals surface area contributed by atoms with Crippen LogP contribution in [0.3, 0.4) is 0 Å². The minimum atomic E-state index is -1.29. The van der Waals surface area contributed by atoms with E-state index < -0.39 is 54.5 Å². The van der Waals surface area contributed by atoms with Gasteiger partial charge in [-0.3, -0.25) is 14.4 Å². The van der Waals surface area contributed by atoms with Crippen LogP contribution in [-0.2, 0) is 19.2 Å². The largest absolute Gasteiger partial charge is 0.480 e. The van der Waals surface area contributed by atoms with Gasteiger partial charge in [-0.05, 0) is 24.3 Å². The van der Waals surface area contributed by atoms with Crippen LogP contribution in [0.25, 0.3) is 0 Å². The number of aliphatic hydroxyl groups is 1. The molecule has 0 aromatic carbocycles. The van der Waals surface area contributed by atoms with Crippen LogP contribution in [0.1, 0.15) is 26.7 Å². The van der Waals surface area contributed by atoms with E-state index in [2.05, 4.69) is 28.6 Å². The van der Waals surface area contributed by atoms with Crippen molar-refractivity contribution in [2.24, 2.45) is 11.7 Å². The highest BCUT2D eigenvalue weighted by Gasteiger charge is 2.30. The van der Waals surface area contributed by atoms with Gasteiger partial charge in [0.25, 0.3) is 0 Å². The number of carboxylic acid groups (broad SMARTS) is 1. The Morgan fingerprint density at radius 1 is 1.03 bits per heavy atom. The van der Waals surface area contributed by atoms with Crippen molar-refractivity contribution in [1.29, 1.82) is 0 Å². The summed E-state index contributed by atoms with van der Waals surface area (Å²) in [7, 11) is 0. The van der Waals surface area contributed by atoms with Crippen LogP contribution in [-0.4, -0.2) is 82.4 Å². The van der Waals surface area contributed by atoms with Crippen LogP contribution < -0.4 is 21.7 Å². The summed E-state index contributed by atoms with van der Waals surface area (Å²) in [6.45, 7) is 2.98. The molecule has 3 amide bonds. The topological polar surface area (TPSA) is 171 Å². The van der Waals surface area contributed by atoms with Crippen LogP contribution in [0.2, 0.25) is 0 Å². The third-order valence-electron chi connectivity index (χ3n) is 4.42. The van der Waals surface area contributed by atoms with Gasteiger partial charge >= 0.3 is 5.97 Å². The first-order chi connectivity index (χ1) is 13.6. The molecular weight excluding hydrogens is 420 g/mol. The summed E-state index contributed by atoms with van der Waals surface area (Å²) in [6.07, 6.45) is 2.71. The standard InChI is InChI=1S/C17H32N4O6S2/c1-4-9(2)13(18)16(25)20-11(7-22)15(24)19-10(5-6-29-3)14(23)21-12(8-28)17(26)27/h9-13,22,28H,4-8,18H2,1-3H3,(H,19,24)(H,20,25)(H,21,23)(H,26,27). The molecule has 0 aromatic heterocycles. The molecule has 0 aliphatic heterocycles. The number of thiol groups is 1. The fraction of sp³-hybridized carbons (Fsp3) is 0.765. The third-order valence-corrected chi connectivity index (χ3v) is 5.43. The zero-order valence-electron chi connectivity index (χ0n) is 16.9. The minimum absolute atomic E-state index is 0.118. The summed E-state index contributed by atoms with van der Waals surface area (Å²) >= 11 is 5.33. The molecule has 0 aliphatic rings. The molecule has 12 heteroatoms. The summed E-state index contributed by atoms with van der Waals surface area (Å²) in [4.78, 5) is 48.2. The number of aliphatic carboxylic acids is 1. The second-order valence-electron chi connectivity index (χ2n) is 6.58. The highest BCUT2D eigenvalue weighted by atomic mass is 32.2. The maximum absolute atomic E-state index is 12.5. The Bertz CT molecular complexity index is 566. The first-order valence-corrected chi connectivity index (χ1v) is 11.3. The van der Waals surface area contributed by atoms with Gasteiger partial charge in [0.2, 0.25) is 17.7 Å². The molecule has 0 bridgehead atoms. The second kappa shape index (κ2) is 14.5. The van der Waals surface area contributed by atoms with Gasteiger partial charge in [0.05, 0.1) is 12.6 Å². The van der Waals surface area contributed by atoms with Crippen molar-refractivity contribution in [3.05, 3.63) is 0 Å². The molecule has 0 saturated heterocycles. The first-order valence-electron chi connectivity index (χ1n) is 9.22. The number of amides is 3. The number of aliphatic hydroxyl groups excluding tert-OH is 1. The molecule has 0 radical (unpaired) electrons.